The van der Waals surface area contributed by atoms with Gasteiger partial charge < -0.3 is 0 Å². The van der Waals surface area contributed by atoms with Crippen molar-refractivity contribution < 1.29 is 28.4 Å². The molecule has 1 aromatic heterocycles. The number of hydrogen-bond acceptors (Lipinski definition) is 9. The molecule has 2 atom stereocenters. The molecule has 0 aliphatic carbocycles. The maximum absolute atomic E-state index is 13.4. The molecule has 14 heteroatoms. The Morgan fingerprint density at radius 1 is 1.10 bits per heavy atom. The van der Waals surface area contributed by atoms with Gasteiger partial charge in [-0.3, -0.25) is 0 Å². The van der Waals surface area contributed by atoms with Crippen molar-refractivity contribution >= 4 is 44.0 Å². The molecule has 226 valence electrons. The van der Waals surface area contributed by atoms with E-state index in [1.54, 1.807) is 18.1 Å². The second-order valence-electron chi connectivity index (χ2n) is 9.80. The van der Waals surface area contributed by atoms with Crippen LogP contribution in [0.3, 0.4) is 0 Å². The summed E-state index contributed by atoms with van der Waals surface area (Å²) in [5, 5.41) is 2.63. The van der Waals surface area contributed by atoms with Gasteiger partial charge in [0.1, 0.15) is 0 Å². The van der Waals surface area contributed by atoms with Crippen LogP contribution < -0.4 is 10.2 Å². The van der Waals surface area contributed by atoms with Crippen molar-refractivity contribution in [3.05, 3.63) is 42.1 Å². The summed E-state index contributed by atoms with van der Waals surface area (Å²) in [5.74, 6) is -0.154. The summed E-state index contributed by atoms with van der Waals surface area (Å²) in [6, 6.07) is 9.62. The fourth-order valence-corrected chi connectivity index (χ4v) is 4.93. The maximum atomic E-state index is 13.4. The molecule has 0 unspecified atom stereocenters. The molecular weight excluding hydrogens is 583 g/mol. The number of hydrogen-bond donors (Lipinski definition) is 1. The number of unbranched alkanes of at least 4 members (excludes halogenated alkanes) is 1. The Bertz CT molecular complexity index is 1340. The molecule has 2 aromatic rings. The number of piperazine rings is 1. The maximum Gasteiger partial charge on any atom is -0.147 e. The van der Waals surface area contributed by atoms with E-state index in [4.69, 9.17) is 14.5 Å². The molecule has 1 aromatic carbocycles. The predicted octanol–water partition coefficient (Wildman–Crippen LogP) is 3.22. The SMILES string of the molecule is CCCCOC(=O)N1CCN(C(=O)[C@H](C#P=O)NC(=O)c2cc(N3CC[C@H](OC)C3)nc(-c3ccccc3)n2)CC1.Cl. The van der Waals surface area contributed by atoms with Crippen molar-refractivity contribution in [2.24, 2.45) is 0 Å². The molecule has 0 bridgehead atoms. The zero-order chi connectivity index (χ0) is 29.2. The number of carbonyl (C=O) groups is 3. The topological polar surface area (TPSA) is 134 Å². The Labute approximate surface area is 252 Å². The van der Waals surface area contributed by atoms with E-state index in [1.165, 1.54) is 4.90 Å². The van der Waals surface area contributed by atoms with Gasteiger partial charge in [0, 0.05) is 0 Å². The van der Waals surface area contributed by atoms with Gasteiger partial charge in [-0.05, 0) is 0 Å². The quantitative estimate of drug-likeness (QED) is 0.332. The third kappa shape index (κ3) is 8.55. The number of methoxy groups -OCH3 is 1. The summed E-state index contributed by atoms with van der Waals surface area (Å²) < 4.78 is 22.2. The summed E-state index contributed by atoms with van der Waals surface area (Å²) in [6.45, 7) is 4.78. The van der Waals surface area contributed by atoms with E-state index in [1.807, 2.05) is 42.2 Å². The molecule has 2 aliphatic heterocycles. The Balaban J connectivity index is 0.00000484. The van der Waals surface area contributed by atoms with Crippen molar-refractivity contribution in [2.75, 3.05) is 57.9 Å². The number of benzene rings is 1. The zero-order valence-corrected chi connectivity index (χ0v) is 25.4. The first-order chi connectivity index (χ1) is 19.9. The van der Waals surface area contributed by atoms with Crippen LogP contribution in [0.1, 0.15) is 36.7 Å². The monoisotopic (exact) mass is 618 g/mol. The third-order valence-corrected chi connectivity index (χ3v) is 7.42. The van der Waals surface area contributed by atoms with Gasteiger partial charge in [0.15, 0.2) is 0 Å². The van der Waals surface area contributed by atoms with E-state index in [2.05, 4.69) is 15.9 Å². The largest absolute Gasteiger partial charge is 0.147 e. The summed E-state index contributed by atoms with van der Waals surface area (Å²) >= 11 is 0. The summed E-state index contributed by atoms with van der Waals surface area (Å²) in [4.78, 5) is 53.2. The van der Waals surface area contributed by atoms with Crippen LogP contribution in [0.5, 0.6) is 0 Å². The molecule has 2 fully saturated rings. The van der Waals surface area contributed by atoms with Crippen molar-refractivity contribution in [3.63, 3.8) is 0 Å². The number of nitrogens with one attached hydrogen (secondary N) is 1. The molecule has 1 N–H and O–H groups in total. The first-order valence-corrected chi connectivity index (χ1v) is 14.6. The van der Waals surface area contributed by atoms with Gasteiger partial charge in [-0.2, -0.15) is 0 Å². The van der Waals surface area contributed by atoms with Crippen LogP contribution >= 0.6 is 20.3 Å². The molecule has 12 nitrogen and oxygen atoms in total. The average molecular weight is 619 g/mol. The number of aromatic nitrogens is 2. The predicted molar refractivity (Wildman–Crippen MR) is 160 cm³/mol. The van der Waals surface area contributed by atoms with Crippen molar-refractivity contribution in [2.45, 2.75) is 38.3 Å². The molecule has 4 rings (SSSR count). The molecule has 42 heavy (non-hydrogen) atoms. The fourth-order valence-electron chi connectivity index (χ4n) is 4.65. The van der Waals surface area contributed by atoms with Crippen LogP contribution in [0.4, 0.5) is 10.6 Å². The first-order valence-electron chi connectivity index (χ1n) is 13.7. The molecule has 2 aliphatic rings. The van der Waals surface area contributed by atoms with E-state index >= 15 is 0 Å². The number of nitrogens with zero attached hydrogens (tertiary/aromatic N) is 5. The normalized spacial score (nSPS) is 17.1. The number of carbonyl (C=O) groups excluding carboxylic acids is 3. The van der Waals surface area contributed by atoms with Crippen LogP contribution in [-0.2, 0) is 18.8 Å². The van der Waals surface area contributed by atoms with Crippen LogP contribution in [0.15, 0.2) is 36.4 Å². The van der Waals surface area contributed by atoms with Crippen molar-refractivity contribution in [3.8, 4) is 17.0 Å². The molecule has 2 saturated heterocycles. The van der Waals surface area contributed by atoms with E-state index < -0.39 is 31.9 Å². The van der Waals surface area contributed by atoms with Gasteiger partial charge in [0.05, 0.1) is 0 Å². The Morgan fingerprint density at radius 3 is 2.45 bits per heavy atom. The Hall–Kier alpha value is -3.43. The number of rotatable bonds is 9. The Morgan fingerprint density at radius 2 is 1.81 bits per heavy atom. The van der Waals surface area contributed by atoms with Crippen molar-refractivity contribution in [1.82, 2.24) is 25.1 Å². The second-order valence-corrected chi connectivity index (χ2v) is 10.2. The smallest absolute Gasteiger partial charge is 0.147 e. The number of halogens is 1. The average Bonchev–Trinajstić information content (AvgIpc) is 3.50. The number of anilines is 1. The molecule has 0 spiro atoms. The summed E-state index contributed by atoms with van der Waals surface area (Å²) in [5.41, 5.74) is 3.30. The summed E-state index contributed by atoms with van der Waals surface area (Å²) in [7, 11) is 1.14. The minimum Gasteiger partial charge on any atom is -0.147 e. The molecular formula is C28H36ClN6O6P. The third-order valence-electron chi connectivity index (χ3n) is 7.06. The fraction of sp³-hybridized carbons (Fsp3) is 0.500. The second kappa shape index (κ2) is 16.3. The van der Waals surface area contributed by atoms with Crippen LogP contribution in [0, 0.1) is 5.63 Å². The van der Waals surface area contributed by atoms with E-state index in [0.717, 1.165) is 24.8 Å². The van der Waals surface area contributed by atoms with E-state index in [9.17, 15) is 18.9 Å². The molecule has 0 saturated carbocycles. The molecule has 3 amide bonds. The van der Waals surface area contributed by atoms with Gasteiger partial charge in [-0.1, -0.05) is 6.92 Å². The van der Waals surface area contributed by atoms with Crippen LogP contribution in [-0.4, -0.2) is 103 Å². The standard InChI is InChI=1S/C28H35N6O6P.ClH/c1-3-4-16-40-28(37)33-14-12-32(13-15-33)27(36)23(19-41-38)30-26(35)22-17-24(34-11-10-21(18-34)39-2)31-25(29-22)20-8-6-5-7-9-20;/h5-9,17,21,23H,3-4,10-16,18H2,1-2H3,(H,30,35);1H/t21-,23-;/m0./s1. The minimum absolute atomic E-state index is 0. The van der Waals surface area contributed by atoms with Gasteiger partial charge >= 0.3 is 234 Å². The van der Waals surface area contributed by atoms with Gasteiger partial charge in [-0.25, -0.2) is 0 Å². The van der Waals surface area contributed by atoms with Gasteiger partial charge in [0.25, 0.3) is 0 Å². The number of ether oxygens (including phenoxy) is 2. The number of amides is 3. The van der Waals surface area contributed by atoms with Gasteiger partial charge in [0.2, 0.25) is 0 Å². The van der Waals surface area contributed by atoms with Crippen LogP contribution in [0.2, 0.25) is 0 Å². The van der Waals surface area contributed by atoms with Crippen LogP contribution in [0.25, 0.3) is 11.4 Å². The summed E-state index contributed by atoms with van der Waals surface area (Å²) in [6.07, 6.45) is 2.19. The zero-order valence-electron chi connectivity index (χ0n) is 23.7. The van der Waals surface area contributed by atoms with E-state index in [0.29, 0.717) is 44.4 Å². The molecule has 3 heterocycles. The van der Waals surface area contributed by atoms with Crippen molar-refractivity contribution in [1.29, 1.82) is 0 Å². The first kappa shape index (κ1) is 33.1. The minimum atomic E-state index is -1.27. The van der Waals surface area contributed by atoms with E-state index in [-0.39, 0.29) is 37.3 Å². The van der Waals surface area contributed by atoms with Gasteiger partial charge in [-0.15, -0.1) is 12.4 Å². The Kier molecular flexibility index (Phi) is 12.8. The molecule has 0 radical (unpaired) electrons.